The zero-order valence-corrected chi connectivity index (χ0v) is 15.7. The van der Waals surface area contributed by atoms with Crippen molar-refractivity contribution in [1.29, 1.82) is 0 Å². The Labute approximate surface area is 153 Å². The van der Waals surface area contributed by atoms with Gasteiger partial charge in [0.15, 0.2) is 0 Å². The average Bonchev–Trinajstić information content (AvgIpc) is 2.58. The van der Waals surface area contributed by atoms with Gasteiger partial charge in [-0.05, 0) is 67.8 Å². The number of anilines is 2. The van der Waals surface area contributed by atoms with Gasteiger partial charge in [-0.2, -0.15) is 0 Å². The third kappa shape index (κ3) is 6.27. The molecule has 25 heavy (non-hydrogen) atoms. The predicted molar refractivity (Wildman–Crippen MR) is 105 cm³/mol. The molecule has 0 saturated heterocycles. The minimum Gasteiger partial charge on any atom is -0.326 e. The molecule has 2 rings (SSSR count). The maximum absolute atomic E-state index is 12.1. The van der Waals surface area contributed by atoms with E-state index in [-0.39, 0.29) is 11.8 Å². The van der Waals surface area contributed by atoms with Crippen LogP contribution in [0.1, 0.15) is 30.9 Å². The number of carbonyl (C=O) groups is 2. The van der Waals surface area contributed by atoms with Crippen molar-refractivity contribution in [3.05, 3.63) is 53.6 Å². The lowest BCUT2D eigenvalue weighted by atomic mass is 10.1. The molecule has 4 nitrogen and oxygen atoms in total. The van der Waals surface area contributed by atoms with Crippen molar-refractivity contribution in [2.45, 2.75) is 38.5 Å². The Kier molecular flexibility index (Phi) is 7.07. The van der Waals surface area contributed by atoms with Gasteiger partial charge in [0.25, 0.3) is 0 Å². The van der Waals surface area contributed by atoms with Gasteiger partial charge in [0.1, 0.15) is 0 Å². The van der Waals surface area contributed by atoms with Gasteiger partial charge in [-0.3, -0.25) is 9.59 Å². The minimum atomic E-state index is -0.0337. The Balaban J connectivity index is 1.83. The summed E-state index contributed by atoms with van der Waals surface area (Å²) in [6.07, 6.45) is 1.35. The largest absolute Gasteiger partial charge is 0.326 e. The van der Waals surface area contributed by atoms with Crippen LogP contribution in [0.25, 0.3) is 0 Å². The SMILES string of the molecule is CCCC(=O)Nc1ccc(SCC(=O)Nc2ccc(C)c(C)c2)cc1. The topological polar surface area (TPSA) is 58.2 Å². The van der Waals surface area contributed by atoms with Crippen LogP contribution >= 0.6 is 11.8 Å². The molecule has 2 amide bonds. The lowest BCUT2D eigenvalue weighted by Gasteiger charge is -2.08. The first kappa shape index (κ1) is 19.1. The monoisotopic (exact) mass is 356 g/mol. The highest BCUT2D eigenvalue weighted by Gasteiger charge is 2.06. The van der Waals surface area contributed by atoms with E-state index in [1.165, 1.54) is 17.3 Å². The van der Waals surface area contributed by atoms with Crippen molar-refractivity contribution in [2.24, 2.45) is 0 Å². The molecule has 2 aromatic rings. The average molecular weight is 356 g/mol. The Bertz CT molecular complexity index is 742. The highest BCUT2D eigenvalue weighted by atomic mass is 32.2. The molecule has 0 saturated carbocycles. The highest BCUT2D eigenvalue weighted by molar-refractivity contribution is 8.00. The third-order valence-corrected chi connectivity index (χ3v) is 4.79. The van der Waals surface area contributed by atoms with Crippen molar-refractivity contribution in [1.82, 2.24) is 0 Å². The van der Waals surface area contributed by atoms with E-state index in [4.69, 9.17) is 0 Å². The predicted octanol–water partition coefficient (Wildman–Crippen LogP) is 4.77. The lowest BCUT2D eigenvalue weighted by Crippen LogP contribution is -2.14. The van der Waals surface area contributed by atoms with Crippen LogP contribution < -0.4 is 10.6 Å². The molecular formula is C20H24N2O2S. The second-order valence-electron chi connectivity index (χ2n) is 5.96. The minimum absolute atomic E-state index is 0.0238. The van der Waals surface area contributed by atoms with Gasteiger partial charge in [-0.25, -0.2) is 0 Å². The number of carbonyl (C=O) groups excluding carboxylic acids is 2. The number of hydrogen-bond acceptors (Lipinski definition) is 3. The number of benzene rings is 2. The number of thioether (sulfide) groups is 1. The van der Waals surface area contributed by atoms with Gasteiger partial charge in [-0.1, -0.05) is 13.0 Å². The zero-order valence-electron chi connectivity index (χ0n) is 14.9. The number of nitrogens with one attached hydrogen (secondary N) is 2. The maximum Gasteiger partial charge on any atom is 0.234 e. The van der Waals surface area contributed by atoms with Crippen LogP contribution in [0, 0.1) is 13.8 Å². The van der Waals surface area contributed by atoms with E-state index in [0.717, 1.165) is 28.3 Å². The van der Waals surface area contributed by atoms with E-state index < -0.39 is 0 Å². The van der Waals surface area contributed by atoms with Gasteiger partial charge in [-0.15, -0.1) is 11.8 Å². The normalized spacial score (nSPS) is 10.4. The number of rotatable bonds is 7. The Morgan fingerprint density at radius 3 is 2.16 bits per heavy atom. The summed E-state index contributed by atoms with van der Waals surface area (Å²) in [4.78, 5) is 24.6. The Hall–Kier alpha value is -2.27. The van der Waals surface area contributed by atoms with Crippen LogP contribution in [0.2, 0.25) is 0 Å². The van der Waals surface area contributed by atoms with Gasteiger partial charge in [0, 0.05) is 22.7 Å². The van der Waals surface area contributed by atoms with Crippen LogP contribution in [0.3, 0.4) is 0 Å². The summed E-state index contributed by atoms with van der Waals surface area (Å²) >= 11 is 1.47. The Morgan fingerprint density at radius 2 is 1.52 bits per heavy atom. The van der Waals surface area contributed by atoms with Crippen LogP contribution in [0.5, 0.6) is 0 Å². The molecule has 2 N–H and O–H groups in total. The molecule has 0 bridgehead atoms. The summed E-state index contributed by atoms with van der Waals surface area (Å²) in [5, 5.41) is 5.76. The van der Waals surface area contributed by atoms with E-state index in [2.05, 4.69) is 10.6 Å². The van der Waals surface area contributed by atoms with E-state index in [1.807, 2.05) is 63.2 Å². The maximum atomic E-state index is 12.1. The molecule has 0 aliphatic rings. The quantitative estimate of drug-likeness (QED) is 0.702. The first-order valence-corrected chi connectivity index (χ1v) is 9.36. The van der Waals surface area contributed by atoms with Crippen molar-refractivity contribution in [3.8, 4) is 0 Å². The standard InChI is InChI=1S/C20H24N2O2S/c1-4-5-19(23)21-16-8-10-18(11-9-16)25-13-20(24)22-17-7-6-14(2)15(3)12-17/h6-12H,4-5,13H2,1-3H3,(H,21,23)(H,22,24). The number of amides is 2. The van der Waals surface area contributed by atoms with Crippen molar-refractivity contribution < 1.29 is 9.59 Å². The van der Waals surface area contributed by atoms with E-state index in [9.17, 15) is 9.59 Å². The molecule has 0 aliphatic carbocycles. The van der Waals surface area contributed by atoms with Crippen LogP contribution in [-0.4, -0.2) is 17.6 Å². The van der Waals surface area contributed by atoms with Gasteiger partial charge in [0.2, 0.25) is 11.8 Å². The van der Waals surface area contributed by atoms with E-state index in [1.54, 1.807) is 0 Å². The second kappa shape index (κ2) is 9.28. The van der Waals surface area contributed by atoms with Crippen LogP contribution in [-0.2, 0) is 9.59 Å². The van der Waals surface area contributed by atoms with Crippen molar-refractivity contribution in [3.63, 3.8) is 0 Å². The highest BCUT2D eigenvalue weighted by Crippen LogP contribution is 2.21. The number of aryl methyl sites for hydroxylation is 2. The summed E-state index contributed by atoms with van der Waals surface area (Å²) in [6.45, 7) is 6.05. The van der Waals surface area contributed by atoms with Crippen LogP contribution in [0.15, 0.2) is 47.4 Å². The summed E-state index contributed by atoms with van der Waals surface area (Å²) in [6, 6.07) is 13.4. The molecule has 0 fully saturated rings. The van der Waals surface area contributed by atoms with E-state index >= 15 is 0 Å². The first-order chi connectivity index (χ1) is 12.0. The molecule has 0 aliphatic heterocycles. The summed E-state index contributed by atoms with van der Waals surface area (Å²) in [5.74, 6) is 0.332. The van der Waals surface area contributed by atoms with E-state index in [0.29, 0.717) is 12.2 Å². The molecule has 0 spiro atoms. The fourth-order valence-corrected chi connectivity index (χ4v) is 2.95. The summed E-state index contributed by atoms with van der Waals surface area (Å²) < 4.78 is 0. The molecule has 0 aromatic heterocycles. The molecule has 0 radical (unpaired) electrons. The smallest absolute Gasteiger partial charge is 0.234 e. The zero-order chi connectivity index (χ0) is 18.2. The number of hydrogen-bond donors (Lipinski definition) is 2. The molecule has 0 unspecified atom stereocenters. The molecule has 0 heterocycles. The molecule has 132 valence electrons. The van der Waals surface area contributed by atoms with Gasteiger partial charge in [0.05, 0.1) is 5.75 Å². The third-order valence-electron chi connectivity index (χ3n) is 3.78. The first-order valence-electron chi connectivity index (χ1n) is 8.37. The van der Waals surface area contributed by atoms with Gasteiger partial charge < -0.3 is 10.6 Å². The molecule has 5 heteroatoms. The fraction of sp³-hybridized carbons (Fsp3) is 0.300. The molecule has 0 atom stereocenters. The van der Waals surface area contributed by atoms with Crippen molar-refractivity contribution in [2.75, 3.05) is 16.4 Å². The van der Waals surface area contributed by atoms with Gasteiger partial charge >= 0.3 is 0 Å². The fourth-order valence-electron chi connectivity index (χ4n) is 2.25. The molecular weight excluding hydrogens is 332 g/mol. The molecule has 2 aromatic carbocycles. The van der Waals surface area contributed by atoms with Crippen LogP contribution in [0.4, 0.5) is 11.4 Å². The summed E-state index contributed by atoms with van der Waals surface area (Å²) in [5.41, 5.74) is 3.97. The summed E-state index contributed by atoms with van der Waals surface area (Å²) in [7, 11) is 0. The second-order valence-corrected chi connectivity index (χ2v) is 7.01. The van der Waals surface area contributed by atoms with Crippen molar-refractivity contribution >= 4 is 35.0 Å². The Morgan fingerprint density at radius 1 is 0.880 bits per heavy atom. The lowest BCUT2D eigenvalue weighted by molar-refractivity contribution is -0.116.